The van der Waals surface area contributed by atoms with E-state index in [-0.39, 0.29) is 18.4 Å². The smallest absolute Gasteiger partial charge is 0.265 e. The van der Waals surface area contributed by atoms with Crippen LogP contribution in [0.4, 0.5) is 11.4 Å². The highest BCUT2D eigenvalue weighted by atomic mass is 79.9. The summed E-state index contributed by atoms with van der Waals surface area (Å²) in [5, 5.41) is 4.85. The van der Waals surface area contributed by atoms with Crippen molar-refractivity contribution in [2.75, 3.05) is 16.8 Å². The van der Waals surface area contributed by atoms with Crippen molar-refractivity contribution in [1.29, 1.82) is 0 Å². The average molecular weight is 457 g/mol. The molecule has 0 spiro atoms. The van der Waals surface area contributed by atoms with Gasteiger partial charge in [0.15, 0.2) is 6.61 Å². The second kappa shape index (κ2) is 8.16. The molecule has 3 aromatic rings. The molecular weight excluding hydrogens is 440 g/mol. The standard InChI is InChI=1S/C21H17BrN2O3S/c22-15-5-3-14(4-6-15)12-24-18-10-16(7-8-19(18)27-13-21(24)26)23-20(25)11-17-2-1-9-28-17/h1-10H,11-13H2,(H,23,25). The monoisotopic (exact) mass is 456 g/mol. The van der Waals surface area contributed by atoms with Crippen LogP contribution in [-0.2, 0) is 22.6 Å². The fraction of sp³-hybridized carbons (Fsp3) is 0.143. The molecule has 0 aliphatic carbocycles. The van der Waals surface area contributed by atoms with E-state index in [4.69, 9.17) is 4.74 Å². The lowest BCUT2D eigenvalue weighted by molar-refractivity contribution is -0.121. The fourth-order valence-corrected chi connectivity index (χ4v) is 3.97. The maximum Gasteiger partial charge on any atom is 0.265 e. The number of hydrogen-bond donors (Lipinski definition) is 1. The number of thiophene rings is 1. The molecule has 0 unspecified atom stereocenters. The van der Waals surface area contributed by atoms with E-state index in [1.54, 1.807) is 34.4 Å². The molecule has 142 valence electrons. The molecule has 7 heteroatoms. The summed E-state index contributed by atoms with van der Waals surface area (Å²) < 4.78 is 6.55. The zero-order valence-electron chi connectivity index (χ0n) is 14.9. The Kier molecular flexibility index (Phi) is 5.45. The molecule has 28 heavy (non-hydrogen) atoms. The third kappa shape index (κ3) is 4.26. The van der Waals surface area contributed by atoms with Crippen LogP contribution in [0.2, 0.25) is 0 Å². The number of fused-ring (bicyclic) bond motifs is 1. The molecule has 1 N–H and O–H groups in total. The number of hydrogen-bond acceptors (Lipinski definition) is 4. The van der Waals surface area contributed by atoms with Crippen LogP contribution in [0.25, 0.3) is 0 Å². The van der Waals surface area contributed by atoms with Crippen LogP contribution >= 0.6 is 27.3 Å². The minimum absolute atomic E-state index is 0.00755. The van der Waals surface area contributed by atoms with Gasteiger partial charge < -0.3 is 15.0 Å². The quantitative estimate of drug-likeness (QED) is 0.609. The first-order valence-corrected chi connectivity index (χ1v) is 10.4. The van der Waals surface area contributed by atoms with Gasteiger partial charge in [-0.05, 0) is 47.3 Å². The van der Waals surface area contributed by atoms with E-state index in [1.807, 2.05) is 41.8 Å². The Morgan fingerprint density at radius 3 is 2.75 bits per heavy atom. The van der Waals surface area contributed by atoms with Crippen molar-refractivity contribution in [3.63, 3.8) is 0 Å². The summed E-state index contributed by atoms with van der Waals surface area (Å²) >= 11 is 4.97. The summed E-state index contributed by atoms with van der Waals surface area (Å²) in [4.78, 5) is 27.5. The number of ether oxygens (including phenoxy) is 1. The number of carbonyl (C=O) groups excluding carboxylic acids is 2. The number of nitrogens with zero attached hydrogens (tertiary/aromatic N) is 1. The average Bonchev–Trinajstić information content (AvgIpc) is 3.18. The van der Waals surface area contributed by atoms with Crippen molar-refractivity contribution in [1.82, 2.24) is 0 Å². The van der Waals surface area contributed by atoms with Gasteiger partial charge in [0.1, 0.15) is 5.75 Å². The summed E-state index contributed by atoms with van der Waals surface area (Å²) in [7, 11) is 0. The number of nitrogens with one attached hydrogen (secondary N) is 1. The van der Waals surface area contributed by atoms with Gasteiger partial charge in [0.05, 0.1) is 18.7 Å². The molecule has 2 aromatic carbocycles. The second-order valence-corrected chi connectivity index (χ2v) is 8.33. The Labute approximate surface area is 175 Å². The molecule has 4 rings (SSSR count). The molecular formula is C21H17BrN2O3S. The summed E-state index contributed by atoms with van der Waals surface area (Å²) in [6, 6.07) is 17.1. The highest BCUT2D eigenvalue weighted by Crippen LogP contribution is 2.35. The summed E-state index contributed by atoms with van der Waals surface area (Å²) in [6.45, 7) is 0.447. The molecule has 0 atom stereocenters. The third-order valence-electron chi connectivity index (χ3n) is 4.35. The van der Waals surface area contributed by atoms with Gasteiger partial charge in [0, 0.05) is 15.0 Å². The lowest BCUT2D eigenvalue weighted by Gasteiger charge is -2.30. The maximum atomic E-state index is 12.5. The molecule has 2 amide bonds. The number of carbonyl (C=O) groups is 2. The zero-order valence-corrected chi connectivity index (χ0v) is 17.3. The Hall–Kier alpha value is -2.64. The van der Waals surface area contributed by atoms with Gasteiger partial charge in [-0.3, -0.25) is 9.59 Å². The molecule has 0 bridgehead atoms. The summed E-state index contributed by atoms with van der Waals surface area (Å²) in [6.07, 6.45) is 0.326. The Bertz CT molecular complexity index is 1000. The van der Waals surface area contributed by atoms with E-state index in [0.717, 1.165) is 14.9 Å². The van der Waals surface area contributed by atoms with E-state index < -0.39 is 0 Å². The first-order chi connectivity index (χ1) is 13.6. The second-order valence-electron chi connectivity index (χ2n) is 6.38. The third-order valence-corrected chi connectivity index (χ3v) is 5.76. The van der Waals surface area contributed by atoms with E-state index in [0.29, 0.717) is 30.1 Å². The minimum atomic E-state index is -0.113. The molecule has 1 aliphatic heterocycles. The van der Waals surface area contributed by atoms with Crippen molar-refractivity contribution in [2.45, 2.75) is 13.0 Å². The minimum Gasteiger partial charge on any atom is -0.482 e. The number of rotatable bonds is 5. The molecule has 0 radical (unpaired) electrons. The topological polar surface area (TPSA) is 58.6 Å². The van der Waals surface area contributed by atoms with Crippen molar-refractivity contribution in [2.24, 2.45) is 0 Å². The van der Waals surface area contributed by atoms with Crippen LogP contribution < -0.4 is 15.0 Å². The van der Waals surface area contributed by atoms with E-state index in [9.17, 15) is 9.59 Å². The normalized spacial score (nSPS) is 13.0. The predicted octanol–water partition coefficient (Wildman–Crippen LogP) is 4.62. The predicted molar refractivity (Wildman–Crippen MR) is 114 cm³/mol. The molecule has 0 fully saturated rings. The number of halogens is 1. The van der Waals surface area contributed by atoms with Gasteiger partial charge in [0.25, 0.3) is 5.91 Å². The van der Waals surface area contributed by atoms with Crippen molar-refractivity contribution in [3.05, 3.63) is 74.9 Å². The molecule has 0 saturated carbocycles. The molecule has 1 aliphatic rings. The Morgan fingerprint density at radius 1 is 1.18 bits per heavy atom. The summed E-state index contributed by atoms with van der Waals surface area (Å²) in [5.74, 6) is 0.426. The van der Waals surface area contributed by atoms with Gasteiger partial charge in [-0.25, -0.2) is 0 Å². The van der Waals surface area contributed by atoms with E-state index >= 15 is 0 Å². The Balaban J connectivity index is 1.55. The van der Waals surface area contributed by atoms with Gasteiger partial charge in [-0.2, -0.15) is 0 Å². The summed E-state index contributed by atoms with van der Waals surface area (Å²) in [5.41, 5.74) is 2.31. The van der Waals surface area contributed by atoms with E-state index in [1.165, 1.54) is 0 Å². The lowest BCUT2D eigenvalue weighted by Crippen LogP contribution is -2.38. The molecule has 0 saturated heterocycles. The number of anilines is 2. The van der Waals surface area contributed by atoms with Gasteiger partial charge in [-0.1, -0.05) is 34.1 Å². The van der Waals surface area contributed by atoms with Crippen LogP contribution in [0.3, 0.4) is 0 Å². The highest BCUT2D eigenvalue weighted by Gasteiger charge is 2.26. The number of amides is 2. The SMILES string of the molecule is O=C(Cc1cccs1)Nc1ccc2c(c1)N(Cc1ccc(Br)cc1)C(=O)CO2. The van der Waals surface area contributed by atoms with Crippen LogP contribution in [-0.4, -0.2) is 18.4 Å². The van der Waals surface area contributed by atoms with Gasteiger partial charge in [0.2, 0.25) is 5.91 Å². The van der Waals surface area contributed by atoms with Gasteiger partial charge >= 0.3 is 0 Å². The first-order valence-electron chi connectivity index (χ1n) is 8.72. The fourth-order valence-electron chi connectivity index (χ4n) is 3.00. The van der Waals surface area contributed by atoms with Crippen LogP contribution in [0.1, 0.15) is 10.4 Å². The van der Waals surface area contributed by atoms with Crippen LogP contribution in [0, 0.1) is 0 Å². The lowest BCUT2D eigenvalue weighted by atomic mass is 10.1. The van der Waals surface area contributed by atoms with Crippen molar-refractivity contribution < 1.29 is 14.3 Å². The van der Waals surface area contributed by atoms with Crippen molar-refractivity contribution in [3.8, 4) is 5.75 Å². The first kappa shape index (κ1) is 18.7. The Morgan fingerprint density at radius 2 is 2.00 bits per heavy atom. The van der Waals surface area contributed by atoms with Crippen LogP contribution in [0.15, 0.2) is 64.5 Å². The van der Waals surface area contributed by atoms with Crippen molar-refractivity contribution >= 4 is 50.5 Å². The maximum absolute atomic E-state index is 12.5. The molecule has 5 nitrogen and oxygen atoms in total. The highest BCUT2D eigenvalue weighted by molar-refractivity contribution is 9.10. The molecule has 1 aromatic heterocycles. The largest absolute Gasteiger partial charge is 0.482 e. The van der Waals surface area contributed by atoms with E-state index in [2.05, 4.69) is 21.2 Å². The molecule has 2 heterocycles. The van der Waals surface area contributed by atoms with Crippen LogP contribution in [0.5, 0.6) is 5.75 Å². The zero-order chi connectivity index (χ0) is 19.5. The number of benzene rings is 2. The van der Waals surface area contributed by atoms with Gasteiger partial charge in [-0.15, -0.1) is 11.3 Å².